The molecule has 0 saturated carbocycles. The van der Waals surface area contributed by atoms with Crippen molar-refractivity contribution in [3.05, 3.63) is 0 Å². The van der Waals surface area contributed by atoms with E-state index < -0.39 is 15.4 Å². The molecule has 2 aliphatic rings. The lowest BCUT2D eigenvalue weighted by atomic mass is 10.0. The fourth-order valence-corrected chi connectivity index (χ4v) is 4.13. The number of hydrogen-bond donors (Lipinski definition) is 1. The van der Waals surface area contributed by atoms with Crippen LogP contribution >= 0.6 is 12.2 Å². The quantitative estimate of drug-likeness (QED) is 0.565. The molecule has 0 bridgehead atoms. The first kappa shape index (κ1) is 12.1. The highest BCUT2D eigenvalue weighted by molar-refractivity contribution is 7.91. The Bertz CT molecular complexity index is 390. The Balaban J connectivity index is 1.81. The largest absolute Gasteiger partial charge is 0.468 e. The Morgan fingerprint density at radius 1 is 1.69 bits per heavy atom. The number of epoxide rings is 1. The van der Waals surface area contributed by atoms with Gasteiger partial charge in [-0.05, 0) is 25.6 Å². The Labute approximate surface area is 100 Å². The average Bonchev–Trinajstić information content (AvgIpc) is 2.90. The number of hydrogen-bond acceptors (Lipinski definition) is 5. The fourth-order valence-electron chi connectivity index (χ4n) is 1.72. The predicted molar refractivity (Wildman–Crippen MR) is 63.1 cm³/mol. The van der Waals surface area contributed by atoms with Crippen LogP contribution in [0.1, 0.15) is 13.3 Å². The zero-order valence-corrected chi connectivity index (χ0v) is 10.7. The zero-order valence-electron chi connectivity index (χ0n) is 9.06. The molecule has 1 N–H and O–H groups in total. The summed E-state index contributed by atoms with van der Waals surface area (Å²) in [7, 11) is -2.92. The summed E-state index contributed by atoms with van der Waals surface area (Å²) >= 11 is 5.00. The van der Waals surface area contributed by atoms with Gasteiger partial charge in [0.25, 0.3) is 5.17 Å². The number of ether oxygens (including phenoxy) is 2. The van der Waals surface area contributed by atoms with Crippen LogP contribution < -0.4 is 5.32 Å². The Morgan fingerprint density at radius 3 is 2.88 bits per heavy atom. The van der Waals surface area contributed by atoms with E-state index in [9.17, 15) is 8.42 Å². The molecule has 2 heterocycles. The first-order valence-electron chi connectivity index (χ1n) is 5.16. The Morgan fingerprint density at radius 2 is 2.38 bits per heavy atom. The minimum atomic E-state index is -2.92. The summed E-state index contributed by atoms with van der Waals surface area (Å²) in [5.74, 6) is 0.328. The molecule has 0 amide bonds. The van der Waals surface area contributed by atoms with Crippen molar-refractivity contribution in [3.8, 4) is 0 Å². The molecular weight excluding hydrogens is 250 g/mol. The minimum absolute atomic E-state index is 0.115. The van der Waals surface area contributed by atoms with Crippen LogP contribution in [0, 0.1) is 0 Å². The van der Waals surface area contributed by atoms with Crippen molar-refractivity contribution >= 4 is 27.2 Å². The molecule has 5 nitrogen and oxygen atoms in total. The van der Waals surface area contributed by atoms with E-state index in [0.29, 0.717) is 19.6 Å². The van der Waals surface area contributed by atoms with Crippen molar-refractivity contribution in [1.82, 2.24) is 5.32 Å². The highest BCUT2D eigenvalue weighted by Gasteiger charge is 2.39. The van der Waals surface area contributed by atoms with Crippen LogP contribution in [0.25, 0.3) is 0 Å². The number of rotatable bonds is 3. The second-order valence-electron chi connectivity index (χ2n) is 4.58. The van der Waals surface area contributed by atoms with E-state index in [1.165, 1.54) is 0 Å². The standard InChI is InChI=1S/C9H15NO4S2/c1-9(2-3-16(11,12)6-9)10-8(15)14-5-7-4-13-7/h7H,2-6H2,1H3,(H,10,15)/t7-,9-/m0/s1. The van der Waals surface area contributed by atoms with Crippen LogP contribution in [0.3, 0.4) is 0 Å². The number of thiocarbonyl (C=S) groups is 1. The van der Waals surface area contributed by atoms with Crippen molar-refractivity contribution in [1.29, 1.82) is 0 Å². The third-order valence-electron chi connectivity index (χ3n) is 2.71. The maximum Gasteiger partial charge on any atom is 0.257 e. The second-order valence-corrected chi connectivity index (χ2v) is 7.14. The van der Waals surface area contributed by atoms with Crippen LogP contribution in [0.5, 0.6) is 0 Å². The molecule has 92 valence electrons. The molecule has 0 aromatic carbocycles. The van der Waals surface area contributed by atoms with E-state index in [1.807, 2.05) is 6.92 Å². The van der Waals surface area contributed by atoms with Crippen LogP contribution in [-0.2, 0) is 19.3 Å². The van der Waals surface area contributed by atoms with Gasteiger partial charge in [-0.15, -0.1) is 0 Å². The third kappa shape index (κ3) is 3.29. The van der Waals surface area contributed by atoms with Crippen molar-refractivity contribution in [2.75, 3.05) is 24.7 Å². The molecule has 2 atom stereocenters. The van der Waals surface area contributed by atoms with Gasteiger partial charge in [0.15, 0.2) is 9.84 Å². The number of nitrogens with one attached hydrogen (secondary N) is 1. The molecule has 0 spiro atoms. The smallest absolute Gasteiger partial charge is 0.257 e. The highest BCUT2D eigenvalue weighted by Crippen LogP contribution is 2.23. The van der Waals surface area contributed by atoms with Crippen LogP contribution in [0.2, 0.25) is 0 Å². The fraction of sp³-hybridized carbons (Fsp3) is 0.889. The molecule has 2 rings (SSSR count). The second kappa shape index (κ2) is 4.12. The highest BCUT2D eigenvalue weighted by atomic mass is 32.2. The van der Waals surface area contributed by atoms with E-state index in [2.05, 4.69) is 5.32 Å². The van der Waals surface area contributed by atoms with Crippen molar-refractivity contribution < 1.29 is 17.9 Å². The molecule has 7 heteroatoms. The Hall–Kier alpha value is -0.400. The van der Waals surface area contributed by atoms with E-state index in [-0.39, 0.29) is 22.8 Å². The molecule has 16 heavy (non-hydrogen) atoms. The van der Waals surface area contributed by atoms with Gasteiger partial charge < -0.3 is 14.8 Å². The molecule has 2 fully saturated rings. The molecule has 0 radical (unpaired) electrons. The molecule has 2 aliphatic heterocycles. The van der Waals surface area contributed by atoms with Crippen LogP contribution in [0.4, 0.5) is 0 Å². The summed E-state index contributed by atoms with van der Waals surface area (Å²) in [6.07, 6.45) is 0.721. The summed E-state index contributed by atoms with van der Waals surface area (Å²) in [6.45, 7) is 3.00. The first-order chi connectivity index (χ1) is 7.39. The lowest BCUT2D eigenvalue weighted by molar-refractivity contribution is 0.240. The SMILES string of the molecule is C[C@]1(NC(=S)OC[C@@H]2CO2)CCS(=O)(=O)C1. The van der Waals surface area contributed by atoms with Gasteiger partial charge in [-0.1, -0.05) is 0 Å². The summed E-state index contributed by atoms with van der Waals surface area (Å²) in [4.78, 5) is 0. The summed E-state index contributed by atoms with van der Waals surface area (Å²) < 4.78 is 33.0. The van der Waals surface area contributed by atoms with E-state index in [1.54, 1.807) is 0 Å². The van der Waals surface area contributed by atoms with Gasteiger partial charge in [0.2, 0.25) is 0 Å². The van der Waals surface area contributed by atoms with Crippen molar-refractivity contribution in [2.45, 2.75) is 25.0 Å². The van der Waals surface area contributed by atoms with Crippen molar-refractivity contribution in [3.63, 3.8) is 0 Å². The van der Waals surface area contributed by atoms with Gasteiger partial charge in [0, 0.05) is 0 Å². The molecule has 0 aromatic heterocycles. The maximum absolute atomic E-state index is 11.4. The van der Waals surface area contributed by atoms with Gasteiger partial charge in [-0.25, -0.2) is 8.42 Å². The zero-order chi connectivity index (χ0) is 11.8. The molecule has 2 saturated heterocycles. The topological polar surface area (TPSA) is 67.9 Å². The van der Waals surface area contributed by atoms with Gasteiger partial charge >= 0.3 is 0 Å². The monoisotopic (exact) mass is 265 g/mol. The number of sulfone groups is 1. The van der Waals surface area contributed by atoms with Gasteiger partial charge in [0.1, 0.15) is 12.7 Å². The normalized spacial score (nSPS) is 35.7. The van der Waals surface area contributed by atoms with E-state index in [0.717, 1.165) is 0 Å². The summed E-state index contributed by atoms with van der Waals surface area (Å²) in [6, 6.07) is 0. The average molecular weight is 265 g/mol. The predicted octanol–water partition coefficient (Wildman–Crippen LogP) is -0.147. The van der Waals surface area contributed by atoms with Gasteiger partial charge in [-0.3, -0.25) is 0 Å². The molecule has 0 aromatic rings. The van der Waals surface area contributed by atoms with Gasteiger partial charge in [-0.2, -0.15) is 0 Å². The maximum atomic E-state index is 11.4. The summed E-state index contributed by atoms with van der Waals surface area (Å²) in [5.41, 5.74) is -0.486. The minimum Gasteiger partial charge on any atom is -0.468 e. The lowest BCUT2D eigenvalue weighted by Crippen LogP contribution is -2.47. The van der Waals surface area contributed by atoms with E-state index in [4.69, 9.17) is 21.7 Å². The molecule has 0 unspecified atom stereocenters. The lowest BCUT2D eigenvalue weighted by Gasteiger charge is -2.24. The van der Waals surface area contributed by atoms with Crippen LogP contribution in [-0.4, -0.2) is 50.0 Å². The molecular formula is C9H15NO4S2. The summed E-state index contributed by atoms with van der Waals surface area (Å²) in [5, 5.41) is 3.23. The van der Waals surface area contributed by atoms with Gasteiger partial charge in [0.05, 0.1) is 23.7 Å². The third-order valence-corrected chi connectivity index (χ3v) is 4.83. The Kier molecular flexibility index (Phi) is 3.11. The first-order valence-corrected chi connectivity index (χ1v) is 7.39. The van der Waals surface area contributed by atoms with Crippen LogP contribution in [0.15, 0.2) is 0 Å². The van der Waals surface area contributed by atoms with E-state index >= 15 is 0 Å². The molecule has 0 aliphatic carbocycles. The van der Waals surface area contributed by atoms with Crippen molar-refractivity contribution in [2.24, 2.45) is 0 Å².